The van der Waals surface area contributed by atoms with Crippen molar-refractivity contribution >= 4 is 17.0 Å². The zero-order chi connectivity index (χ0) is 14.0. The number of benzene rings is 1. The second kappa shape index (κ2) is 5.40. The van der Waals surface area contributed by atoms with E-state index in [0.717, 1.165) is 36.4 Å². The van der Waals surface area contributed by atoms with Crippen molar-refractivity contribution in [2.75, 3.05) is 20.6 Å². The summed E-state index contributed by atoms with van der Waals surface area (Å²) in [5.41, 5.74) is 2.05. The van der Waals surface area contributed by atoms with Gasteiger partial charge >= 0.3 is 5.97 Å². The van der Waals surface area contributed by atoms with Gasteiger partial charge in [-0.25, -0.2) is 9.78 Å². The molecule has 5 heteroatoms. The van der Waals surface area contributed by atoms with E-state index in [1.54, 1.807) is 12.1 Å². The third-order valence-electron chi connectivity index (χ3n) is 3.16. The van der Waals surface area contributed by atoms with E-state index in [9.17, 15) is 4.79 Å². The van der Waals surface area contributed by atoms with Gasteiger partial charge in [0.25, 0.3) is 0 Å². The number of nitrogens with zero attached hydrogens (tertiary/aromatic N) is 3. The quantitative estimate of drug-likeness (QED) is 0.892. The number of hydrogen-bond acceptors (Lipinski definition) is 3. The second-order valence-electron chi connectivity index (χ2n) is 4.85. The molecule has 1 aromatic carbocycles. The Morgan fingerprint density at radius 1 is 1.42 bits per heavy atom. The largest absolute Gasteiger partial charge is 0.478 e. The summed E-state index contributed by atoms with van der Waals surface area (Å²) in [4.78, 5) is 17.6. The Hall–Kier alpha value is -1.88. The molecular weight excluding hydrogens is 242 g/mol. The monoisotopic (exact) mass is 261 g/mol. The van der Waals surface area contributed by atoms with E-state index in [-0.39, 0.29) is 5.56 Å². The van der Waals surface area contributed by atoms with Crippen molar-refractivity contribution in [1.29, 1.82) is 0 Å². The van der Waals surface area contributed by atoms with E-state index < -0.39 is 5.97 Å². The van der Waals surface area contributed by atoms with Crippen molar-refractivity contribution in [3.05, 3.63) is 29.6 Å². The first-order valence-corrected chi connectivity index (χ1v) is 6.40. The molecule has 1 heterocycles. The number of fused-ring (bicyclic) bond motifs is 1. The smallest absolute Gasteiger partial charge is 0.335 e. The molecule has 0 spiro atoms. The van der Waals surface area contributed by atoms with Crippen molar-refractivity contribution in [3.63, 3.8) is 0 Å². The minimum atomic E-state index is -0.914. The number of likely N-dealkylation sites (N-methyl/N-ethyl adjacent to an activating group) is 1. The summed E-state index contributed by atoms with van der Waals surface area (Å²) in [6.07, 6.45) is 0.838. The molecule has 1 aromatic heterocycles. The van der Waals surface area contributed by atoms with E-state index in [1.165, 1.54) is 0 Å². The van der Waals surface area contributed by atoms with Gasteiger partial charge in [0.2, 0.25) is 0 Å². The van der Waals surface area contributed by atoms with Gasteiger partial charge in [-0.05, 0) is 32.3 Å². The number of aromatic nitrogens is 2. The Bertz CT molecular complexity index is 602. The van der Waals surface area contributed by atoms with Gasteiger partial charge in [-0.3, -0.25) is 0 Å². The van der Waals surface area contributed by atoms with Crippen molar-refractivity contribution in [1.82, 2.24) is 14.5 Å². The van der Waals surface area contributed by atoms with Crippen molar-refractivity contribution in [2.45, 2.75) is 19.9 Å². The van der Waals surface area contributed by atoms with Crippen LogP contribution in [0.4, 0.5) is 0 Å². The van der Waals surface area contributed by atoms with E-state index >= 15 is 0 Å². The highest BCUT2D eigenvalue weighted by atomic mass is 16.4. The lowest BCUT2D eigenvalue weighted by Gasteiger charge is -2.12. The molecule has 0 amide bonds. The molecule has 0 saturated carbocycles. The zero-order valence-electron chi connectivity index (χ0n) is 11.6. The van der Waals surface area contributed by atoms with E-state index in [4.69, 9.17) is 5.11 Å². The van der Waals surface area contributed by atoms with Crippen LogP contribution in [0.25, 0.3) is 11.0 Å². The van der Waals surface area contributed by atoms with Crippen molar-refractivity contribution in [2.24, 2.45) is 0 Å². The van der Waals surface area contributed by atoms with Crippen LogP contribution in [-0.4, -0.2) is 46.2 Å². The first-order chi connectivity index (χ1) is 9.02. The molecule has 2 aromatic rings. The molecular formula is C14H19N3O2. The maximum absolute atomic E-state index is 11.0. The number of rotatable bonds is 5. The van der Waals surface area contributed by atoms with Crippen LogP contribution in [0.3, 0.4) is 0 Å². The predicted octanol–water partition coefficient (Wildman–Crippen LogP) is 1.86. The third-order valence-corrected chi connectivity index (χ3v) is 3.16. The first-order valence-electron chi connectivity index (χ1n) is 6.40. The Morgan fingerprint density at radius 3 is 2.74 bits per heavy atom. The molecule has 1 N–H and O–H groups in total. The molecule has 0 fully saturated rings. The fourth-order valence-electron chi connectivity index (χ4n) is 2.13. The third kappa shape index (κ3) is 2.76. The van der Waals surface area contributed by atoms with Crippen molar-refractivity contribution in [3.8, 4) is 0 Å². The Morgan fingerprint density at radius 2 is 2.16 bits per heavy atom. The van der Waals surface area contributed by atoms with E-state index in [1.807, 2.05) is 20.2 Å². The van der Waals surface area contributed by atoms with Gasteiger partial charge in [-0.2, -0.15) is 0 Å². The minimum absolute atomic E-state index is 0.285. The van der Waals surface area contributed by atoms with Crippen LogP contribution in [0.2, 0.25) is 0 Å². The lowest BCUT2D eigenvalue weighted by Crippen LogP contribution is -2.19. The molecule has 5 nitrogen and oxygen atoms in total. The number of hydrogen-bond donors (Lipinski definition) is 1. The van der Waals surface area contributed by atoms with Crippen molar-refractivity contribution < 1.29 is 9.90 Å². The van der Waals surface area contributed by atoms with Gasteiger partial charge in [-0.1, -0.05) is 6.92 Å². The first kappa shape index (κ1) is 13.5. The van der Waals surface area contributed by atoms with Crippen LogP contribution >= 0.6 is 0 Å². The SMILES string of the molecule is CCc1nc2cc(C(=O)O)ccc2n1CCN(C)C. The fraction of sp³-hybridized carbons (Fsp3) is 0.429. The predicted molar refractivity (Wildman–Crippen MR) is 74.6 cm³/mol. The normalized spacial score (nSPS) is 11.4. The molecule has 0 bridgehead atoms. The molecule has 2 rings (SSSR count). The molecule has 0 radical (unpaired) electrons. The van der Waals surface area contributed by atoms with Crippen LogP contribution in [0, 0.1) is 0 Å². The highest BCUT2D eigenvalue weighted by molar-refractivity contribution is 5.92. The van der Waals surface area contributed by atoms with Gasteiger partial charge in [0.15, 0.2) is 0 Å². The molecule has 0 atom stereocenters. The summed E-state index contributed by atoms with van der Waals surface area (Å²) < 4.78 is 2.17. The van der Waals surface area contributed by atoms with E-state index in [2.05, 4.69) is 21.4 Å². The number of aromatic carboxylic acids is 1. The van der Waals surface area contributed by atoms with Gasteiger partial charge in [0, 0.05) is 19.5 Å². The van der Waals surface area contributed by atoms with Gasteiger partial charge in [-0.15, -0.1) is 0 Å². The standard InChI is InChI=1S/C14H19N3O2/c1-4-13-15-11-9-10(14(18)19)5-6-12(11)17(13)8-7-16(2)3/h5-6,9H,4,7-8H2,1-3H3,(H,18,19). The Labute approximate surface area is 112 Å². The summed E-state index contributed by atoms with van der Waals surface area (Å²) in [6.45, 7) is 3.85. The van der Waals surface area contributed by atoms with Gasteiger partial charge in [0.1, 0.15) is 5.82 Å². The highest BCUT2D eigenvalue weighted by Gasteiger charge is 2.12. The van der Waals surface area contributed by atoms with Gasteiger partial charge in [0.05, 0.1) is 16.6 Å². The number of imidazole rings is 1. The lowest BCUT2D eigenvalue weighted by atomic mass is 10.2. The molecule has 0 aliphatic carbocycles. The summed E-state index contributed by atoms with van der Waals surface area (Å²) in [5.74, 6) is 0.0854. The molecule has 0 saturated heterocycles. The number of carboxylic acids is 1. The summed E-state index contributed by atoms with van der Waals surface area (Å²) in [7, 11) is 4.07. The summed E-state index contributed by atoms with van der Waals surface area (Å²) in [5, 5.41) is 9.01. The fourth-order valence-corrected chi connectivity index (χ4v) is 2.13. The van der Waals surface area contributed by atoms with Gasteiger partial charge < -0.3 is 14.6 Å². The Kier molecular flexibility index (Phi) is 3.85. The maximum atomic E-state index is 11.0. The molecule has 0 aliphatic rings. The van der Waals surface area contributed by atoms with Crippen LogP contribution in [0.5, 0.6) is 0 Å². The summed E-state index contributed by atoms with van der Waals surface area (Å²) >= 11 is 0. The second-order valence-corrected chi connectivity index (χ2v) is 4.85. The molecule has 0 unspecified atom stereocenters. The number of carbonyl (C=O) groups is 1. The van der Waals surface area contributed by atoms with Crippen LogP contribution < -0.4 is 0 Å². The number of aryl methyl sites for hydroxylation is 1. The van der Waals surface area contributed by atoms with Crippen LogP contribution in [0.15, 0.2) is 18.2 Å². The topological polar surface area (TPSA) is 58.4 Å². The zero-order valence-corrected chi connectivity index (χ0v) is 11.6. The molecule has 19 heavy (non-hydrogen) atoms. The lowest BCUT2D eigenvalue weighted by molar-refractivity contribution is 0.0697. The molecule has 102 valence electrons. The van der Waals surface area contributed by atoms with Crippen LogP contribution in [0.1, 0.15) is 23.1 Å². The van der Waals surface area contributed by atoms with Crippen LogP contribution in [-0.2, 0) is 13.0 Å². The average Bonchev–Trinajstić information content (AvgIpc) is 2.72. The number of carboxylic acid groups (broad SMARTS) is 1. The minimum Gasteiger partial charge on any atom is -0.478 e. The average molecular weight is 261 g/mol. The highest BCUT2D eigenvalue weighted by Crippen LogP contribution is 2.18. The molecule has 0 aliphatic heterocycles. The van der Waals surface area contributed by atoms with E-state index in [0.29, 0.717) is 0 Å². The Balaban J connectivity index is 2.46. The summed E-state index contributed by atoms with van der Waals surface area (Å²) in [6, 6.07) is 5.13. The maximum Gasteiger partial charge on any atom is 0.335 e.